The highest BCUT2D eigenvalue weighted by molar-refractivity contribution is 5.89. The first-order chi connectivity index (χ1) is 11.9. The van der Waals surface area contributed by atoms with Gasteiger partial charge < -0.3 is 9.84 Å². The number of benzene rings is 1. The second-order valence-corrected chi connectivity index (χ2v) is 5.88. The largest absolute Gasteiger partial charge is 0.441 e. The first-order valence-corrected chi connectivity index (χ1v) is 7.81. The van der Waals surface area contributed by atoms with E-state index in [1.165, 1.54) is 17.0 Å². The van der Waals surface area contributed by atoms with Gasteiger partial charge in [-0.05, 0) is 32.0 Å². The highest BCUT2D eigenvalue weighted by atomic mass is 19.1. The average molecular weight is 343 g/mol. The van der Waals surface area contributed by atoms with Crippen molar-refractivity contribution in [2.45, 2.75) is 20.0 Å². The van der Waals surface area contributed by atoms with E-state index in [1.807, 2.05) is 20.9 Å². The minimum absolute atomic E-state index is 0.188. The van der Waals surface area contributed by atoms with Crippen LogP contribution in [-0.2, 0) is 11.8 Å². The Kier molecular flexibility index (Phi) is 4.47. The molecule has 1 fully saturated rings. The summed E-state index contributed by atoms with van der Waals surface area (Å²) in [4.78, 5) is 13.0. The van der Waals surface area contributed by atoms with Gasteiger partial charge in [-0.3, -0.25) is 9.58 Å². The van der Waals surface area contributed by atoms with Crippen LogP contribution in [0.3, 0.4) is 0 Å². The number of aromatic nitrogens is 2. The molecule has 0 saturated carbocycles. The van der Waals surface area contributed by atoms with Crippen molar-refractivity contribution in [2.24, 2.45) is 7.05 Å². The minimum atomic E-state index is -0.598. The molecule has 7 heteroatoms. The van der Waals surface area contributed by atoms with Gasteiger partial charge in [-0.15, -0.1) is 0 Å². The van der Waals surface area contributed by atoms with Crippen LogP contribution in [0.25, 0.3) is 0 Å². The number of aliphatic hydroxyl groups is 1. The molecule has 130 valence electrons. The van der Waals surface area contributed by atoms with Gasteiger partial charge in [0, 0.05) is 7.05 Å². The number of anilines is 1. The number of carbonyl (C=O) groups excluding carboxylic acids is 1. The fourth-order valence-electron chi connectivity index (χ4n) is 2.69. The molecule has 1 saturated heterocycles. The Balaban J connectivity index is 1.87. The molecule has 1 aromatic carbocycles. The summed E-state index contributed by atoms with van der Waals surface area (Å²) in [6.07, 6.45) is -1.19. The molecule has 1 N–H and O–H groups in total. The third-order valence-corrected chi connectivity index (χ3v) is 4.17. The fraction of sp³-hybridized carbons (Fsp3) is 0.333. The van der Waals surface area contributed by atoms with E-state index in [4.69, 9.17) is 9.84 Å². The molecule has 3 rings (SSSR count). The summed E-state index contributed by atoms with van der Waals surface area (Å²) < 4.78 is 21.1. The van der Waals surface area contributed by atoms with Gasteiger partial charge in [0.2, 0.25) is 0 Å². The van der Waals surface area contributed by atoms with E-state index < -0.39 is 18.0 Å². The monoisotopic (exact) mass is 343 g/mol. The molecule has 1 aliphatic rings. The summed E-state index contributed by atoms with van der Waals surface area (Å²) in [6, 6.07) is 4.38. The number of halogens is 1. The molecular formula is C18H18FN3O3. The molecule has 1 amide bonds. The number of aryl methyl sites for hydroxylation is 2. The molecular weight excluding hydrogens is 325 g/mol. The van der Waals surface area contributed by atoms with Gasteiger partial charge >= 0.3 is 6.09 Å². The molecule has 1 aliphatic heterocycles. The Hall–Kier alpha value is -2.85. The molecule has 0 bridgehead atoms. The number of aliphatic hydroxyl groups excluding tert-OH is 1. The van der Waals surface area contributed by atoms with E-state index in [1.54, 1.807) is 10.7 Å². The summed E-state index contributed by atoms with van der Waals surface area (Å²) >= 11 is 0. The van der Waals surface area contributed by atoms with Crippen LogP contribution in [-0.4, -0.2) is 40.2 Å². The zero-order chi connectivity index (χ0) is 18.1. The lowest BCUT2D eigenvalue weighted by molar-refractivity contribution is 0.0963. The van der Waals surface area contributed by atoms with Crippen molar-refractivity contribution in [1.82, 2.24) is 9.78 Å². The van der Waals surface area contributed by atoms with E-state index in [0.29, 0.717) is 5.69 Å². The van der Waals surface area contributed by atoms with Crippen molar-refractivity contribution in [1.29, 1.82) is 0 Å². The van der Waals surface area contributed by atoms with Crippen LogP contribution in [0.15, 0.2) is 18.2 Å². The lowest BCUT2D eigenvalue weighted by Crippen LogP contribution is -2.25. The van der Waals surface area contributed by atoms with Crippen molar-refractivity contribution in [3.8, 4) is 11.8 Å². The smallest absolute Gasteiger partial charge is 0.414 e. The minimum Gasteiger partial charge on any atom is -0.441 e. The Morgan fingerprint density at radius 3 is 2.72 bits per heavy atom. The molecule has 2 heterocycles. The Morgan fingerprint density at radius 2 is 2.16 bits per heavy atom. The van der Waals surface area contributed by atoms with E-state index in [2.05, 4.69) is 16.9 Å². The van der Waals surface area contributed by atoms with Crippen LogP contribution in [0, 0.1) is 31.5 Å². The fourth-order valence-corrected chi connectivity index (χ4v) is 2.69. The zero-order valence-electron chi connectivity index (χ0n) is 14.2. The van der Waals surface area contributed by atoms with Gasteiger partial charge in [-0.2, -0.15) is 5.10 Å². The summed E-state index contributed by atoms with van der Waals surface area (Å²) in [5, 5.41) is 13.3. The van der Waals surface area contributed by atoms with Crippen LogP contribution < -0.4 is 4.90 Å². The molecule has 1 aromatic heterocycles. The number of hydrogen-bond acceptors (Lipinski definition) is 4. The van der Waals surface area contributed by atoms with E-state index >= 15 is 0 Å². The van der Waals surface area contributed by atoms with Crippen LogP contribution in [0.4, 0.5) is 14.9 Å². The number of nitrogens with zero attached hydrogens (tertiary/aromatic N) is 3. The van der Waals surface area contributed by atoms with Gasteiger partial charge in [0.25, 0.3) is 0 Å². The number of ether oxygens (including phenoxy) is 1. The number of carbonyl (C=O) groups is 1. The van der Waals surface area contributed by atoms with Crippen LogP contribution in [0.1, 0.15) is 22.5 Å². The molecule has 0 radical (unpaired) electrons. The highest BCUT2D eigenvalue weighted by Gasteiger charge is 2.32. The first kappa shape index (κ1) is 17.0. The van der Waals surface area contributed by atoms with E-state index in [0.717, 1.165) is 17.0 Å². The predicted molar refractivity (Wildman–Crippen MR) is 89.8 cm³/mol. The maximum absolute atomic E-state index is 14.4. The second-order valence-electron chi connectivity index (χ2n) is 5.88. The first-order valence-electron chi connectivity index (χ1n) is 7.81. The molecule has 0 spiro atoms. The van der Waals surface area contributed by atoms with Crippen molar-refractivity contribution in [3.05, 3.63) is 46.5 Å². The molecule has 0 aliphatic carbocycles. The Labute approximate surface area is 144 Å². The summed E-state index contributed by atoms with van der Waals surface area (Å²) in [5.41, 5.74) is 3.09. The summed E-state index contributed by atoms with van der Waals surface area (Å²) in [7, 11) is 1.83. The van der Waals surface area contributed by atoms with Gasteiger partial charge in [0.05, 0.1) is 41.4 Å². The highest BCUT2D eigenvalue weighted by Crippen LogP contribution is 2.23. The number of amides is 1. The quantitative estimate of drug-likeness (QED) is 0.846. The molecule has 0 unspecified atom stereocenters. The normalized spacial score (nSPS) is 16.6. The molecule has 6 nitrogen and oxygen atoms in total. The Bertz CT molecular complexity index is 895. The van der Waals surface area contributed by atoms with E-state index in [9.17, 15) is 9.18 Å². The van der Waals surface area contributed by atoms with Crippen molar-refractivity contribution in [2.75, 3.05) is 18.1 Å². The molecule has 1 atom stereocenters. The van der Waals surface area contributed by atoms with Crippen LogP contribution in [0.5, 0.6) is 0 Å². The van der Waals surface area contributed by atoms with Crippen molar-refractivity contribution in [3.63, 3.8) is 0 Å². The van der Waals surface area contributed by atoms with E-state index in [-0.39, 0.29) is 18.7 Å². The third kappa shape index (κ3) is 3.21. The summed E-state index contributed by atoms with van der Waals surface area (Å²) in [6.45, 7) is 3.68. The van der Waals surface area contributed by atoms with Crippen LogP contribution in [0.2, 0.25) is 0 Å². The predicted octanol–water partition coefficient (Wildman–Crippen LogP) is 1.89. The topological polar surface area (TPSA) is 67.6 Å². The lowest BCUT2D eigenvalue weighted by Gasteiger charge is -2.13. The van der Waals surface area contributed by atoms with Gasteiger partial charge in [-0.25, -0.2) is 9.18 Å². The second kappa shape index (κ2) is 6.57. The lowest BCUT2D eigenvalue weighted by atomic mass is 10.1. The number of rotatable bonds is 2. The Morgan fingerprint density at radius 1 is 1.40 bits per heavy atom. The third-order valence-electron chi connectivity index (χ3n) is 4.17. The maximum atomic E-state index is 14.4. The standard InChI is InChI=1S/C18H18FN3O3/c1-11-16(12(2)21(3)20-11)7-5-13-4-6-14(8-17(13)19)22-9-15(10-23)25-18(22)24/h4,6,8,15,23H,9-10H2,1-3H3/t15-/m1/s1. The van der Waals surface area contributed by atoms with Gasteiger partial charge in [-0.1, -0.05) is 11.8 Å². The molecule has 25 heavy (non-hydrogen) atoms. The van der Waals surface area contributed by atoms with Crippen molar-refractivity contribution >= 4 is 11.8 Å². The number of cyclic esters (lactones) is 1. The average Bonchev–Trinajstić information content (AvgIpc) is 3.07. The summed E-state index contributed by atoms with van der Waals surface area (Å²) in [5.74, 6) is 5.26. The maximum Gasteiger partial charge on any atom is 0.414 e. The van der Waals surface area contributed by atoms with Gasteiger partial charge in [0.1, 0.15) is 11.9 Å². The molecule has 2 aromatic rings. The number of hydrogen-bond donors (Lipinski definition) is 1. The van der Waals surface area contributed by atoms with Gasteiger partial charge in [0.15, 0.2) is 0 Å². The zero-order valence-corrected chi connectivity index (χ0v) is 14.2. The van der Waals surface area contributed by atoms with Crippen molar-refractivity contribution < 1.29 is 19.0 Å². The van der Waals surface area contributed by atoms with Crippen LogP contribution >= 0.6 is 0 Å². The SMILES string of the molecule is Cc1nn(C)c(C)c1C#Cc1ccc(N2C[C@H](CO)OC2=O)cc1F.